The first-order valence-electron chi connectivity index (χ1n) is 14.0. The minimum Gasteiger partial charge on any atom is -0.497 e. The van der Waals surface area contributed by atoms with Crippen LogP contribution < -0.4 is 14.8 Å². The molecule has 224 valence electrons. The van der Waals surface area contributed by atoms with Crippen molar-refractivity contribution >= 4 is 38.4 Å². The van der Waals surface area contributed by atoms with Gasteiger partial charge in [-0.15, -0.1) is 0 Å². The van der Waals surface area contributed by atoms with Crippen LogP contribution in [0.4, 0.5) is 5.95 Å². The Balaban J connectivity index is 1.39. The number of nitrogens with zero attached hydrogens (tertiary/aromatic N) is 4. The van der Waals surface area contributed by atoms with Crippen LogP contribution in [0.25, 0.3) is 32.7 Å². The van der Waals surface area contributed by atoms with E-state index in [1.54, 1.807) is 49.7 Å². The quantitative estimate of drug-likeness (QED) is 0.171. The Morgan fingerprint density at radius 3 is 2.45 bits per heavy atom. The first-order chi connectivity index (χ1) is 21.2. The molecule has 0 bridgehead atoms. The molecule has 0 fully saturated rings. The van der Waals surface area contributed by atoms with Gasteiger partial charge in [-0.1, -0.05) is 35.9 Å². The van der Waals surface area contributed by atoms with Gasteiger partial charge in [0.15, 0.2) is 0 Å². The number of anilines is 1. The van der Waals surface area contributed by atoms with Crippen molar-refractivity contribution in [1.29, 1.82) is 0 Å². The smallest absolute Gasteiger partial charge is 0.268 e. The predicted molar refractivity (Wildman–Crippen MR) is 174 cm³/mol. The molecule has 1 N–H and O–H groups in total. The van der Waals surface area contributed by atoms with Gasteiger partial charge < -0.3 is 14.8 Å². The highest BCUT2D eigenvalue weighted by Gasteiger charge is 2.23. The first kappa shape index (κ1) is 29.3. The number of ether oxygens (including phenoxy) is 2. The van der Waals surface area contributed by atoms with Crippen LogP contribution in [0.2, 0.25) is 0 Å². The van der Waals surface area contributed by atoms with Gasteiger partial charge in [-0.3, -0.25) is 0 Å². The molecule has 0 aliphatic carbocycles. The van der Waals surface area contributed by atoms with Gasteiger partial charge in [0.25, 0.3) is 10.0 Å². The maximum Gasteiger partial charge on any atom is 0.268 e. The molecule has 3 aromatic carbocycles. The van der Waals surface area contributed by atoms with E-state index in [-0.39, 0.29) is 11.0 Å². The van der Waals surface area contributed by atoms with Gasteiger partial charge >= 0.3 is 0 Å². The van der Waals surface area contributed by atoms with E-state index < -0.39 is 10.0 Å². The van der Waals surface area contributed by atoms with Crippen LogP contribution in [0.1, 0.15) is 25.0 Å². The van der Waals surface area contributed by atoms with Crippen LogP contribution >= 0.6 is 11.5 Å². The molecule has 0 saturated carbocycles. The highest BCUT2D eigenvalue weighted by Crippen LogP contribution is 2.36. The van der Waals surface area contributed by atoms with Crippen LogP contribution in [0.15, 0.2) is 96.0 Å². The summed E-state index contributed by atoms with van der Waals surface area (Å²) in [5, 5.41) is 4.69. The van der Waals surface area contributed by atoms with Crippen LogP contribution in [0, 0.1) is 6.92 Å². The first-order valence-corrected chi connectivity index (χ1v) is 16.2. The Kier molecular flexibility index (Phi) is 8.07. The Hall–Kier alpha value is -4.74. The van der Waals surface area contributed by atoms with E-state index in [4.69, 9.17) is 19.4 Å². The third-order valence-corrected chi connectivity index (χ3v) is 9.44. The molecule has 0 radical (unpaired) electrons. The molecule has 6 aromatic rings. The van der Waals surface area contributed by atoms with Crippen molar-refractivity contribution in [3.8, 4) is 33.5 Å². The fourth-order valence-electron chi connectivity index (χ4n) is 4.77. The van der Waals surface area contributed by atoms with E-state index in [0.717, 1.165) is 27.8 Å². The maximum atomic E-state index is 13.9. The largest absolute Gasteiger partial charge is 0.497 e. The monoisotopic (exact) mass is 625 g/mol. The molecule has 3 aromatic heterocycles. The second kappa shape index (κ2) is 12.1. The lowest BCUT2D eigenvalue weighted by molar-refractivity contribution is 0.233. The molecular formula is C33H31N5O4S2. The molecule has 44 heavy (non-hydrogen) atoms. The van der Waals surface area contributed by atoms with Crippen LogP contribution in [0.3, 0.4) is 0 Å². The van der Waals surface area contributed by atoms with Gasteiger partial charge in [0.05, 0.1) is 29.3 Å². The summed E-state index contributed by atoms with van der Waals surface area (Å²) in [7, 11) is -2.26. The summed E-state index contributed by atoms with van der Waals surface area (Å²) < 4.78 is 44.7. The number of rotatable bonds is 10. The van der Waals surface area contributed by atoms with Crippen molar-refractivity contribution in [3.63, 3.8) is 0 Å². The lowest BCUT2D eigenvalue weighted by Crippen LogP contribution is -2.11. The average molecular weight is 626 g/mol. The number of pyridine rings is 1. The summed E-state index contributed by atoms with van der Waals surface area (Å²) in [6.07, 6.45) is 1.57. The van der Waals surface area contributed by atoms with Crippen molar-refractivity contribution in [2.24, 2.45) is 0 Å². The second-order valence-electron chi connectivity index (χ2n) is 10.5. The topological polar surface area (TPSA) is 108 Å². The zero-order chi connectivity index (χ0) is 30.8. The van der Waals surface area contributed by atoms with E-state index in [2.05, 4.69) is 9.69 Å². The normalized spacial score (nSPS) is 11.7. The van der Waals surface area contributed by atoms with Crippen molar-refractivity contribution < 1.29 is 17.9 Å². The molecule has 9 nitrogen and oxygen atoms in total. The lowest BCUT2D eigenvalue weighted by atomic mass is 10.1. The van der Waals surface area contributed by atoms with Crippen LogP contribution in [-0.4, -0.2) is 39.9 Å². The number of nitrogens with one attached hydrogen (secondary N) is 1. The van der Waals surface area contributed by atoms with Crippen molar-refractivity contribution in [3.05, 3.63) is 102 Å². The number of aromatic nitrogens is 4. The van der Waals surface area contributed by atoms with E-state index in [0.29, 0.717) is 40.2 Å². The van der Waals surface area contributed by atoms with E-state index >= 15 is 0 Å². The molecule has 0 saturated heterocycles. The number of aryl methyl sites for hydroxylation is 1. The number of fused-ring (bicyclic) bond motifs is 1. The molecular weight excluding hydrogens is 595 g/mol. The van der Waals surface area contributed by atoms with Gasteiger partial charge in [0.1, 0.15) is 10.8 Å². The maximum absolute atomic E-state index is 13.9. The van der Waals surface area contributed by atoms with Gasteiger partial charge in [-0.05, 0) is 86.4 Å². The summed E-state index contributed by atoms with van der Waals surface area (Å²) in [6.45, 7) is 6.35. The van der Waals surface area contributed by atoms with Crippen molar-refractivity contribution in [2.75, 3.05) is 12.4 Å². The fraction of sp³-hybridized carbons (Fsp3) is 0.182. The molecule has 0 atom stereocenters. The SMILES string of the molecule is COc1ccc(CNc2nsc(-c3ccc4c(c3)c(-c3cccc(OC(C)C)n3)cn4S(=O)(=O)c3ccc(C)cc3)n2)cc1. The van der Waals surface area contributed by atoms with Crippen molar-refractivity contribution in [1.82, 2.24) is 18.3 Å². The highest BCUT2D eigenvalue weighted by molar-refractivity contribution is 7.90. The van der Waals surface area contributed by atoms with Crippen molar-refractivity contribution in [2.45, 2.75) is 38.3 Å². The summed E-state index contributed by atoms with van der Waals surface area (Å²) in [5.41, 5.74) is 4.65. The predicted octanol–water partition coefficient (Wildman–Crippen LogP) is 7.18. The molecule has 0 aliphatic heterocycles. The summed E-state index contributed by atoms with van der Waals surface area (Å²) in [6, 6.07) is 25.7. The van der Waals surface area contributed by atoms with Crippen LogP contribution in [-0.2, 0) is 16.6 Å². The molecule has 11 heteroatoms. The standard InChI is InChI=1S/C33H31N5O4S2/c1-21(2)42-31-7-5-6-29(35-31)28-20-38(44(39,40)26-15-8-22(3)9-16-26)30-17-12-24(18-27(28)30)32-36-33(37-43-32)34-19-23-10-13-25(41-4)14-11-23/h5-18,20-21H,19H2,1-4H3,(H,34,37). The summed E-state index contributed by atoms with van der Waals surface area (Å²) in [4.78, 5) is 9.62. The van der Waals surface area contributed by atoms with E-state index in [1.165, 1.54) is 15.5 Å². The summed E-state index contributed by atoms with van der Waals surface area (Å²) in [5.74, 6) is 1.78. The average Bonchev–Trinajstić information content (AvgIpc) is 3.66. The molecule has 6 rings (SSSR count). The molecule has 0 unspecified atom stereocenters. The number of hydrogen-bond donors (Lipinski definition) is 1. The highest BCUT2D eigenvalue weighted by atomic mass is 32.2. The van der Waals surface area contributed by atoms with E-state index in [9.17, 15) is 8.42 Å². The minimum absolute atomic E-state index is 0.0578. The zero-order valence-corrected chi connectivity index (χ0v) is 26.3. The van der Waals surface area contributed by atoms with Gasteiger partial charge in [0.2, 0.25) is 11.8 Å². The molecule has 3 heterocycles. The Labute approximate surface area is 260 Å². The molecule has 0 spiro atoms. The molecule has 0 amide bonds. The second-order valence-corrected chi connectivity index (χ2v) is 13.1. The Morgan fingerprint density at radius 2 is 1.73 bits per heavy atom. The summed E-state index contributed by atoms with van der Waals surface area (Å²) >= 11 is 1.27. The fourth-order valence-corrected chi connectivity index (χ4v) is 6.78. The Bertz CT molecular complexity index is 2030. The Morgan fingerprint density at radius 1 is 0.955 bits per heavy atom. The lowest BCUT2D eigenvalue weighted by Gasteiger charge is -2.09. The number of hydrogen-bond acceptors (Lipinski definition) is 9. The number of methoxy groups -OCH3 is 1. The number of benzene rings is 3. The minimum atomic E-state index is -3.90. The van der Waals surface area contributed by atoms with Gasteiger partial charge in [-0.25, -0.2) is 17.4 Å². The van der Waals surface area contributed by atoms with E-state index in [1.807, 2.05) is 69.3 Å². The zero-order valence-electron chi connectivity index (χ0n) is 24.7. The van der Waals surface area contributed by atoms with Crippen LogP contribution in [0.5, 0.6) is 11.6 Å². The third-order valence-electron chi connectivity index (χ3n) is 6.99. The van der Waals surface area contributed by atoms with Gasteiger partial charge in [-0.2, -0.15) is 9.36 Å². The van der Waals surface area contributed by atoms with Gasteiger partial charge in [0, 0.05) is 35.3 Å². The molecule has 0 aliphatic rings. The third kappa shape index (κ3) is 6.01.